The van der Waals surface area contributed by atoms with Gasteiger partial charge in [0.15, 0.2) is 0 Å². The summed E-state index contributed by atoms with van der Waals surface area (Å²) in [5.41, 5.74) is 0.460. The summed E-state index contributed by atoms with van der Waals surface area (Å²) in [5, 5.41) is 12.5. The number of nitrogens with zero attached hydrogens (tertiary/aromatic N) is 1. The van der Waals surface area contributed by atoms with Gasteiger partial charge >= 0.3 is 7.48 Å². The van der Waals surface area contributed by atoms with Crippen LogP contribution < -0.4 is 5.59 Å². The molecule has 120 valence electrons. The van der Waals surface area contributed by atoms with Crippen molar-refractivity contribution in [3.05, 3.63) is 35.5 Å². The summed E-state index contributed by atoms with van der Waals surface area (Å²) in [5.74, 6) is 0. The Morgan fingerprint density at radius 1 is 1.17 bits per heavy atom. The van der Waals surface area contributed by atoms with Crippen molar-refractivity contribution in [3.63, 3.8) is 0 Å². The predicted octanol–water partition coefficient (Wildman–Crippen LogP) is 3.18. The Kier molecular flexibility index (Phi) is 3.91. The van der Waals surface area contributed by atoms with E-state index in [9.17, 15) is 5.11 Å². The molecule has 0 saturated heterocycles. The molecule has 0 amide bonds. The number of para-hydroxylation sites is 1. The summed E-state index contributed by atoms with van der Waals surface area (Å²) in [6.45, 7) is 7.15. The zero-order chi connectivity index (χ0) is 16.8. The number of hydrogen-bond donors (Lipinski definition) is 1. The van der Waals surface area contributed by atoms with E-state index in [-0.39, 0.29) is 7.48 Å². The molecule has 2 heterocycles. The van der Waals surface area contributed by atoms with Crippen LogP contribution >= 0.6 is 11.6 Å². The van der Waals surface area contributed by atoms with Crippen molar-refractivity contribution in [2.45, 2.75) is 38.9 Å². The average Bonchev–Trinajstić information content (AvgIpc) is 2.81. The van der Waals surface area contributed by atoms with Crippen LogP contribution in [0.3, 0.4) is 0 Å². The molecule has 4 nitrogen and oxygen atoms in total. The first-order chi connectivity index (χ1) is 10.7. The highest BCUT2D eigenvalue weighted by Gasteiger charge is 2.36. The molecule has 0 aliphatic rings. The lowest BCUT2D eigenvalue weighted by atomic mass is 9.83. The second-order valence-corrected chi connectivity index (χ2v) is 7.11. The number of hydrogen-bond acceptors (Lipinski definition) is 4. The van der Waals surface area contributed by atoms with Crippen molar-refractivity contribution in [2.75, 3.05) is 0 Å². The van der Waals surface area contributed by atoms with E-state index in [0.717, 1.165) is 16.4 Å². The van der Waals surface area contributed by atoms with Gasteiger partial charge < -0.3 is 14.2 Å². The zero-order valence-corrected chi connectivity index (χ0v) is 14.4. The molecule has 0 atom stereocenters. The summed E-state index contributed by atoms with van der Waals surface area (Å²) in [4.78, 5) is 4.41. The first-order valence-electron chi connectivity index (χ1n) is 7.52. The van der Waals surface area contributed by atoms with Crippen LogP contribution in [0.2, 0.25) is 5.15 Å². The Labute approximate surface area is 140 Å². The van der Waals surface area contributed by atoms with Gasteiger partial charge in [0.05, 0.1) is 11.2 Å². The summed E-state index contributed by atoms with van der Waals surface area (Å²) in [6.07, 6.45) is 0. The summed E-state index contributed by atoms with van der Waals surface area (Å²) in [7, 11) is 0.234. The Balaban J connectivity index is 2.07. The lowest BCUT2D eigenvalue weighted by molar-refractivity contribution is -0.0893. The van der Waals surface area contributed by atoms with Gasteiger partial charge in [-0.1, -0.05) is 29.8 Å². The van der Waals surface area contributed by atoms with Crippen LogP contribution in [0, 0.1) is 0 Å². The number of rotatable bonds is 4. The third-order valence-corrected chi connectivity index (χ3v) is 4.64. The summed E-state index contributed by atoms with van der Waals surface area (Å²) in [6, 6.07) is 9.49. The standard InChI is InChI=1S/C17H19BClNO3/c1-16(2,21)17(3,4)23-18-15-14-10-7-5-6-8-11(10)22-12(14)9-13(19)20-15/h5-9,18,21H,1-4H3. The van der Waals surface area contributed by atoms with Crippen molar-refractivity contribution in [1.29, 1.82) is 0 Å². The van der Waals surface area contributed by atoms with Crippen LogP contribution in [0.5, 0.6) is 0 Å². The number of halogens is 1. The summed E-state index contributed by atoms with van der Waals surface area (Å²) < 4.78 is 11.8. The molecule has 0 spiro atoms. The maximum atomic E-state index is 10.2. The van der Waals surface area contributed by atoms with Crippen LogP contribution in [0.4, 0.5) is 0 Å². The van der Waals surface area contributed by atoms with Crippen molar-refractivity contribution in [3.8, 4) is 0 Å². The lowest BCUT2D eigenvalue weighted by Crippen LogP contribution is -2.49. The number of pyridine rings is 1. The highest BCUT2D eigenvalue weighted by atomic mass is 35.5. The molecule has 23 heavy (non-hydrogen) atoms. The van der Waals surface area contributed by atoms with Gasteiger partial charge in [-0.3, -0.25) is 0 Å². The minimum Gasteiger partial charge on any atom is -0.456 e. The van der Waals surface area contributed by atoms with E-state index in [1.165, 1.54) is 0 Å². The molecular weight excluding hydrogens is 312 g/mol. The molecule has 0 fully saturated rings. The number of fused-ring (bicyclic) bond motifs is 3. The number of aromatic nitrogens is 1. The van der Waals surface area contributed by atoms with E-state index in [0.29, 0.717) is 16.3 Å². The second kappa shape index (κ2) is 5.51. The second-order valence-electron chi connectivity index (χ2n) is 6.72. The fourth-order valence-corrected chi connectivity index (χ4v) is 2.52. The minimum absolute atomic E-state index is 0.234. The van der Waals surface area contributed by atoms with Crippen LogP contribution in [0.25, 0.3) is 21.9 Å². The molecule has 0 radical (unpaired) electrons. The number of aliphatic hydroxyl groups is 1. The van der Waals surface area contributed by atoms with Crippen LogP contribution in [0.15, 0.2) is 34.7 Å². The first-order valence-corrected chi connectivity index (χ1v) is 7.90. The quantitative estimate of drug-likeness (QED) is 0.589. The largest absolute Gasteiger partial charge is 0.456 e. The van der Waals surface area contributed by atoms with Crippen molar-refractivity contribution in [1.82, 2.24) is 4.98 Å². The molecule has 0 aliphatic heterocycles. The smallest absolute Gasteiger partial charge is 0.330 e. The minimum atomic E-state index is -0.983. The lowest BCUT2D eigenvalue weighted by Gasteiger charge is -2.37. The predicted molar refractivity (Wildman–Crippen MR) is 94.8 cm³/mol. The van der Waals surface area contributed by atoms with E-state index in [1.54, 1.807) is 19.9 Å². The van der Waals surface area contributed by atoms with Gasteiger partial charge in [0, 0.05) is 22.4 Å². The van der Waals surface area contributed by atoms with Gasteiger partial charge in [-0.05, 0) is 33.8 Å². The SMILES string of the molecule is CC(C)(O)C(C)(C)OBc1nc(Cl)cc2oc3ccccc3c12. The van der Waals surface area contributed by atoms with E-state index >= 15 is 0 Å². The summed E-state index contributed by atoms with van der Waals surface area (Å²) >= 11 is 6.12. The molecule has 3 rings (SSSR count). The monoisotopic (exact) mass is 331 g/mol. The maximum absolute atomic E-state index is 10.2. The van der Waals surface area contributed by atoms with Crippen LogP contribution in [-0.2, 0) is 4.65 Å². The fraction of sp³-hybridized carbons (Fsp3) is 0.353. The van der Waals surface area contributed by atoms with Gasteiger partial charge in [-0.2, -0.15) is 0 Å². The van der Waals surface area contributed by atoms with Crippen LogP contribution in [0.1, 0.15) is 27.7 Å². The van der Waals surface area contributed by atoms with Gasteiger partial charge in [-0.25, -0.2) is 4.98 Å². The van der Waals surface area contributed by atoms with Crippen molar-refractivity contribution in [2.24, 2.45) is 0 Å². The average molecular weight is 332 g/mol. The van der Waals surface area contributed by atoms with Gasteiger partial charge in [0.25, 0.3) is 0 Å². The normalized spacial score (nSPS) is 13.0. The first kappa shape index (κ1) is 16.3. The van der Waals surface area contributed by atoms with E-state index in [4.69, 9.17) is 20.7 Å². The maximum Gasteiger partial charge on any atom is 0.330 e. The fourth-order valence-electron chi connectivity index (χ4n) is 2.32. The van der Waals surface area contributed by atoms with E-state index in [1.807, 2.05) is 38.1 Å². The molecule has 0 aliphatic carbocycles. The van der Waals surface area contributed by atoms with E-state index in [2.05, 4.69) is 4.98 Å². The van der Waals surface area contributed by atoms with Crippen molar-refractivity contribution < 1.29 is 14.2 Å². The third-order valence-electron chi connectivity index (χ3n) is 4.45. The van der Waals surface area contributed by atoms with Gasteiger partial charge in [0.2, 0.25) is 0 Å². The molecule has 6 heteroatoms. The molecule has 1 N–H and O–H groups in total. The molecule has 0 saturated carbocycles. The Morgan fingerprint density at radius 2 is 1.87 bits per heavy atom. The Hall–Kier alpha value is -1.56. The molecule has 0 unspecified atom stereocenters. The molecular formula is C17H19BClNO3. The van der Waals surface area contributed by atoms with E-state index < -0.39 is 11.2 Å². The van der Waals surface area contributed by atoms with Crippen molar-refractivity contribution >= 4 is 46.6 Å². The Bertz CT molecular complexity index is 867. The third kappa shape index (κ3) is 2.96. The number of furan rings is 1. The Morgan fingerprint density at radius 3 is 2.57 bits per heavy atom. The van der Waals surface area contributed by atoms with Gasteiger partial charge in [0.1, 0.15) is 16.3 Å². The molecule has 2 aromatic heterocycles. The number of benzene rings is 1. The molecule has 3 aromatic rings. The topological polar surface area (TPSA) is 55.5 Å². The zero-order valence-electron chi connectivity index (χ0n) is 13.7. The van der Waals surface area contributed by atoms with Gasteiger partial charge in [-0.15, -0.1) is 0 Å². The highest BCUT2D eigenvalue weighted by Crippen LogP contribution is 2.29. The molecule has 1 aromatic carbocycles. The van der Waals surface area contributed by atoms with Crippen LogP contribution in [-0.4, -0.2) is 28.8 Å². The highest BCUT2D eigenvalue weighted by molar-refractivity contribution is 6.52. The molecule has 0 bridgehead atoms.